The molecule has 0 aromatic heterocycles. The molecule has 1 saturated heterocycles. The van der Waals surface area contributed by atoms with Gasteiger partial charge in [-0.3, -0.25) is 0 Å². The lowest BCUT2D eigenvalue weighted by molar-refractivity contribution is 0.0612. The lowest BCUT2D eigenvalue weighted by atomic mass is 9.78. The third-order valence-electron chi connectivity index (χ3n) is 3.87. The first-order valence-electron chi connectivity index (χ1n) is 6.16. The molecule has 2 fully saturated rings. The van der Waals surface area contributed by atoms with E-state index in [1.165, 1.54) is 58.0 Å². The minimum absolute atomic E-state index is 0.974. The molecular weight excluding hydrogens is 158 g/mol. The summed E-state index contributed by atoms with van der Waals surface area (Å²) in [6.07, 6.45) is 10.3. The smallest absolute Gasteiger partial charge is 0.0123 e. The van der Waals surface area contributed by atoms with Gasteiger partial charge >= 0.3 is 0 Å². The van der Waals surface area contributed by atoms with Gasteiger partial charge in [-0.05, 0) is 51.1 Å². The molecule has 2 atom stereocenters. The number of hydrogen-bond donors (Lipinski definition) is 0. The lowest BCUT2D eigenvalue weighted by Crippen LogP contribution is -2.46. The third-order valence-corrected chi connectivity index (χ3v) is 3.87. The van der Waals surface area contributed by atoms with E-state index in [1.54, 1.807) is 0 Å². The van der Waals surface area contributed by atoms with Gasteiger partial charge in [-0.1, -0.05) is 19.8 Å². The molecule has 0 N–H and O–H groups in total. The highest BCUT2D eigenvalue weighted by atomic mass is 15.2. The van der Waals surface area contributed by atoms with E-state index in [4.69, 9.17) is 0 Å². The number of nitrogens with zero attached hydrogens (tertiary/aromatic N) is 1. The molecule has 1 aliphatic carbocycles. The molecule has 0 aromatic carbocycles. The fraction of sp³-hybridized carbons (Fsp3) is 1.00. The summed E-state index contributed by atoms with van der Waals surface area (Å²) in [5.41, 5.74) is 0. The molecule has 1 nitrogen and oxygen atoms in total. The zero-order chi connectivity index (χ0) is 9.10. The average Bonchev–Trinajstić information content (AvgIpc) is 2.19. The lowest BCUT2D eigenvalue weighted by Gasteiger charge is -2.44. The van der Waals surface area contributed by atoms with Gasteiger partial charge in [0.05, 0.1) is 0 Å². The number of fused-ring (bicyclic) bond motifs is 1. The van der Waals surface area contributed by atoms with E-state index in [0.717, 1.165) is 12.0 Å². The number of likely N-dealkylation sites (tertiary alicyclic amines) is 1. The van der Waals surface area contributed by atoms with Crippen LogP contribution in [0.1, 0.15) is 51.9 Å². The SMILES string of the molecule is CCCN1CCCC2CCCCC21. The Morgan fingerprint density at radius 1 is 1.08 bits per heavy atom. The summed E-state index contributed by atoms with van der Waals surface area (Å²) >= 11 is 0. The maximum absolute atomic E-state index is 2.77. The summed E-state index contributed by atoms with van der Waals surface area (Å²) in [6, 6.07) is 0.974. The van der Waals surface area contributed by atoms with Gasteiger partial charge in [-0.2, -0.15) is 0 Å². The summed E-state index contributed by atoms with van der Waals surface area (Å²) in [4.78, 5) is 2.77. The molecule has 1 aliphatic heterocycles. The fourth-order valence-electron chi connectivity index (χ4n) is 3.29. The zero-order valence-corrected chi connectivity index (χ0v) is 8.97. The molecule has 0 aromatic rings. The first-order chi connectivity index (χ1) is 6.42. The van der Waals surface area contributed by atoms with Gasteiger partial charge in [0.1, 0.15) is 0 Å². The Labute approximate surface area is 82.5 Å². The minimum atomic E-state index is 0.974. The first kappa shape index (κ1) is 9.51. The Bertz CT molecular complexity index is 151. The molecule has 0 bridgehead atoms. The van der Waals surface area contributed by atoms with Crippen molar-refractivity contribution in [3.63, 3.8) is 0 Å². The van der Waals surface area contributed by atoms with Crippen LogP contribution in [0.25, 0.3) is 0 Å². The highest BCUT2D eigenvalue weighted by Crippen LogP contribution is 2.35. The number of piperidine rings is 1. The van der Waals surface area contributed by atoms with Crippen LogP contribution in [0.4, 0.5) is 0 Å². The van der Waals surface area contributed by atoms with E-state index in [2.05, 4.69) is 11.8 Å². The Kier molecular flexibility index (Phi) is 3.26. The molecule has 2 rings (SSSR count). The number of hydrogen-bond acceptors (Lipinski definition) is 1. The van der Waals surface area contributed by atoms with Crippen LogP contribution in [0, 0.1) is 5.92 Å². The molecule has 0 amide bonds. The van der Waals surface area contributed by atoms with E-state index in [9.17, 15) is 0 Å². The van der Waals surface area contributed by atoms with Crippen molar-refractivity contribution >= 4 is 0 Å². The monoisotopic (exact) mass is 181 g/mol. The van der Waals surface area contributed by atoms with Crippen LogP contribution in [0.15, 0.2) is 0 Å². The van der Waals surface area contributed by atoms with Gasteiger partial charge in [0, 0.05) is 6.04 Å². The minimum Gasteiger partial charge on any atom is -0.300 e. The average molecular weight is 181 g/mol. The molecule has 2 unspecified atom stereocenters. The highest BCUT2D eigenvalue weighted by Gasteiger charge is 2.32. The van der Waals surface area contributed by atoms with E-state index >= 15 is 0 Å². The molecule has 0 radical (unpaired) electrons. The number of rotatable bonds is 2. The van der Waals surface area contributed by atoms with Crippen LogP contribution in [-0.2, 0) is 0 Å². The Hall–Kier alpha value is -0.0400. The van der Waals surface area contributed by atoms with Crippen molar-refractivity contribution in [2.45, 2.75) is 57.9 Å². The highest BCUT2D eigenvalue weighted by molar-refractivity contribution is 4.86. The molecule has 1 heteroatoms. The standard InChI is InChI=1S/C12H23N/c1-2-9-13-10-5-7-11-6-3-4-8-12(11)13/h11-12H,2-10H2,1H3. The van der Waals surface area contributed by atoms with Crippen LogP contribution in [0.5, 0.6) is 0 Å². The van der Waals surface area contributed by atoms with Crippen molar-refractivity contribution in [3.8, 4) is 0 Å². The predicted molar refractivity (Wildman–Crippen MR) is 56.8 cm³/mol. The van der Waals surface area contributed by atoms with Gasteiger partial charge in [0.2, 0.25) is 0 Å². The van der Waals surface area contributed by atoms with E-state index < -0.39 is 0 Å². The van der Waals surface area contributed by atoms with E-state index in [-0.39, 0.29) is 0 Å². The molecular formula is C12H23N. The zero-order valence-electron chi connectivity index (χ0n) is 8.97. The normalized spacial score (nSPS) is 35.8. The summed E-state index contributed by atoms with van der Waals surface area (Å²) in [5, 5.41) is 0. The van der Waals surface area contributed by atoms with Gasteiger partial charge in [-0.15, -0.1) is 0 Å². The summed E-state index contributed by atoms with van der Waals surface area (Å²) < 4.78 is 0. The van der Waals surface area contributed by atoms with Crippen molar-refractivity contribution in [2.75, 3.05) is 13.1 Å². The molecule has 2 aliphatic rings. The van der Waals surface area contributed by atoms with Gasteiger partial charge in [0.25, 0.3) is 0 Å². The van der Waals surface area contributed by atoms with Crippen LogP contribution in [0.3, 0.4) is 0 Å². The van der Waals surface area contributed by atoms with Crippen molar-refractivity contribution in [2.24, 2.45) is 5.92 Å². The second kappa shape index (κ2) is 4.45. The fourth-order valence-corrected chi connectivity index (χ4v) is 3.29. The summed E-state index contributed by atoms with van der Waals surface area (Å²) in [5.74, 6) is 1.06. The van der Waals surface area contributed by atoms with Gasteiger partial charge < -0.3 is 4.90 Å². The second-order valence-electron chi connectivity index (χ2n) is 4.79. The maximum atomic E-state index is 2.77. The van der Waals surface area contributed by atoms with Crippen LogP contribution < -0.4 is 0 Å². The molecule has 1 heterocycles. The predicted octanol–water partition coefficient (Wildman–Crippen LogP) is 3.05. The Balaban J connectivity index is 1.94. The van der Waals surface area contributed by atoms with Crippen LogP contribution >= 0.6 is 0 Å². The van der Waals surface area contributed by atoms with Gasteiger partial charge in [-0.25, -0.2) is 0 Å². The first-order valence-corrected chi connectivity index (χ1v) is 6.16. The molecule has 0 spiro atoms. The van der Waals surface area contributed by atoms with Crippen molar-refractivity contribution in [3.05, 3.63) is 0 Å². The van der Waals surface area contributed by atoms with E-state index in [0.29, 0.717) is 0 Å². The summed E-state index contributed by atoms with van der Waals surface area (Å²) in [6.45, 7) is 5.04. The van der Waals surface area contributed by atoms with Crippen molar-refractivity contribution in [1.82, 2.24) is 4.90 Å². The van der Waals surface area contributed by atoms with Crippen molar-refractivity contribution in [1.29, 1.82) is 0 Å². The van der Waals surface area contributed by atoms with Gasteiger partial charge in [0.15, 0.2) is 0 Å². The summed E-state index contributed by atoms with van der Waals surface area (Å²) in [7, 11) is 0. The quantitative estimate of drug-likeness (QED) is 0.633. The Morgan fingerprint density at radius 3 is 2.69 bits per heavy atom. The Morgan fingerprint density at radius 2 is 1.85 bits per heavy atom. The van der Waals surface area contributed by atoms with E-state index in [1.807, 2.05) is 0 Å². The molecule has 1 saturated carbocycles. The van der Waals surface area contributed by atoms with Crippen molar-refractivity contribution < 1.29 is 0 Å². The second-order valence-corrected chi connectivity index (χ2v) is 4.79. The maximum Gasteiger partial charge on any atom is 0.0123 e. The molecule has 76 valence electrons. The van der Waals surface area contributed by atoms with Crippen LogP contribution in [-0.4, -0.2) is 24.0 Å². The van der Waals surface area contributed by atoms with Crippen LogP contribution in [0.2, 0.25) is 0 Å². The topological polar surface area (TPSA) is 3.24 Å². The third kappa shape index (κ3) is 2.07. The molecule has 13 heavy (non-hydrogen) atoms. The largest absolute Gasteiger partial charge is 0.300 e.